The number of benzene rings is 2. The van der Waals surface area contributed by atoms with E-state index in [9.17, 15) is 4.79 Å². The molecule has 6 heteroatoms. The summed E-state index contributed by atoms with van der Waals surface area (Å²) in [6.07, 6.45) is 3.01. The van der Waals surface area contributed by atoms with Crippen molar-refractivity contribution in [2.45, 2.75) is 32.7 Å². The number of amides is 1. The van der Waals surface area contributed by atoms with Crippen molar-refractivity contribution in [1.29, 1.82) is 0 Å². The van der Waals surface area contributed by atoms with Gasteiger partial charge >= 0.3 is 0 Å². The van der Waals surface area contributed by atoms with Crippen molar-refractivity contribution < 1.29 is 4.79 Å². The highest BCUT2D eigenvalue weighted by Crippen LogP contribution is 2.43. The van der Waals surface area contributed by atoms with Crippen LogP contribution >= 0.6 is 11.6 Å². The number of aliphatic imine (C=N–C) groups is 1. The highest BCUT2D eigenvalue weighted by molar-refractivity contribution is 6.30. The van der Waals surface area contributed by atoms with E-state index >= 15 is 0 Å². The molecule has 0 radical (unpaired) electrons. The van der Waals surface area contributed by atoms with Crippen LogP contribution < -0.4 is 16.0 Å². The molecule has 1 spiro atoms. The molecule has 4 rings (SSSR count). The molecule has 0 aliphatic carbocycles. The summed E-state index contributed by atoms with van der Waals surface area (Å²) in [7, 11) is 0. The van der Waals surface area contributed by atoms with E-state index in [0.29, 0.717) is 6.54 Å². The first-order chi connectivity index (χ1) is 13.6. The number of amidine groups is 1. The molecule has 2 aliphatic rings. The maximum Gasteiger partial charge on any atom is 0.221 e. The fourth-order valence-electron chi connectivity index (χ4n) is 4.22. The predicted octanol–water partition coefficient (Wildman–Crippen LogP) is 4.23. The molecule has 0 saturated carbocycles. The Balaban J connectivity index is 1.70. The molecule has 0 aromatic heterocycles. The van der Waals surface area contributed by atoms with Crippen LogP contribution in [0.15, 0.2) is 47.5 Å². The molecule has 2 heterocycles. The maximum atomic E-state index is 11.6. The molecule has 0 atom stereocenters. The van der Waals surface area contributed by atoms with Crippen LogP contribution in [0.2, 0.25) is 5.02 Å². The summed E-state index contributed by atoms with van der Waals surface area (Å²) in [6.45, 7) is 4.08. The van der Waals surface area contributed by atoms with E-state index in [2.05, 4.69) is 22.0 Å². The molecule has 0 unspecified atom stereocenters. The smallest absolute Gasteiger partial charge is 0.221 e. The van der Waals surface area contributed by atoms with Crippen molar-refractivity contribution in [1.82, 2.24) is 5.32 Å². The summed E-state index contributed by atoms with van der Waals surface area (Å²) >= 11 is 6.13. The van der Waals surface area contributed by atoms with Gasteiger partial charge in [0.15, 0.2) is 0 Å². The van der Waals surface area contributed by atoms with Gasteiger partial charge < -0.3 is 16.0 Å². The number of anilines is 2. The van der Waals surface area contributed by atoms with Crippen LogP contribution in [-0.2, 0) is 17.8 Å². The molecule has 3 N–H and O–H groups in total. The molecule has 5 nitrogen and oxygen atoms in total. The number of fused-ring (bicyclic) bond motifs is 1. The van der Waals surface area contributed by atoms with E-state index < -0.39 is 0 Å². The number of piperidine rings is 1. The average Bonchev–Trinajstić information content (AvgIpc) is 2.67. The summed E-state index contributed by atoms with van der Waals surface area (Å²) < 4.78 is 0. The second-order valence-electron chi connectivity index (χ2n) is 7.65. The Labute approximate surface area is 170 Å². The van der Waals surface area contributed by atoms with Gasteiger partial charge in [-0.2, -0.15) is 0 Å². The van der Waals surface area contributed by atoms with Crippen LogP contribution in [-0.4, -0.2) is 24.8 Å². The molecular formula is C22H25ClN4O. The molecule has 0 bridgehead atoms. The standard InChI is InChI=1S/C22H25ClN4O/c1-15(28)26-19-7-3-5-17-13-22(8-10-24-11-9-22)21(27-20(17)19)25-14-16-4-2-6-18(23)12-16/h2-7,12,24H,8-11,13-14H2,1H3,(H,25,27)(H,26,28). The largest absolute Gasteiger partial charge is 0.342 e. The van der Waals surface area contributed by atoms with Crippen molar-refractivity contribution in [3.8, 4) is 0 Å². The maximum absolute atomic E-state index is 11.6. The number of halogens is 1. The van der Waals surface area contributed by atoms with Crippen LogP contribution in [0.5, 0.6) is 0 Å². The lowest BCUT2D eigenvalue weighted by Gasteiger charge is -2.43. The minimum absolute atomic E-state index is 0.00563. The first-order valence-electron chi connectivity index (χ1n) is 9.72. The second-order valence-corrected chi connectivity index (χ2v) is 8.08. The van der Waals surface area contributed by atoms with Gasteiger partial charge in [-0.05, 0) is 61.7 Å². The number of carbonyl (C=O) groups is 1. The summed E-state index contributed by atoms with van der Waals surface area (Å²) in [6, 6.07) is 13.9. The Morgan fingerprint density at radius 3 is 2.75 bits per heavy atom. The molecule has 2 aromatic carbocycles. The lowest BCUT2D eigenvalue weighted by atomic mass is 9.70. The highest BCUT2D eigenvalue weighted by atomic mass is 35.5. The second kappa shape index (κ2) is 7.94. The van der Waals surface area contributed by atoms with E-state index in [-0.39, 0.29) is 11.3 Å². The van der Waals surface area contributed by atoms with Crippen LogP contribution in [0.25, 0.3) is 0 Å². The van der Waals surface area contributed by atoms with Crippen molar-refractivity contribution in [3.63, 3.8) is 0 Å². The van der Waals surface area contributed by atoms with Gasteiger partial charge in [-0.15, -0.1) is 0 Å². The van der Waals surface area contributed by atoms with Crippen molar-refractivity contribution >= 4 is 34.7 Å². The van der Waals surface area contributed by atoms with Crippen molar-refractivity contribution in [3.05, 3.63) is 58.6 Å². The van der Waals surface area contributed by atoms with Gasteiger partial charge in [0, 0.05) is 17.4 Å². The monoisotopic (exact) mass is 396 g/mol. The van der Waals surface area contributed by atoms with Gasteiger partial charge in [0.1, 0.15) is 5.84 Å². The van der Waals surface area contributed by atoms with E-state index in [4.69, 9.17) is 16.6 Å². The Kier molecular flexibility index (Phi) is 5.38. The van der Waals surface area contributed by atoms with E-state index in [1.54, 1.807) is 0 Å². The number of rotatable bonds is 3. The third kappa shape index (κ3) is 3.91. The number of nitrogens with zero attached hydrogens (tertiary/aromatic N) is 1. The molecule has 2 aromatic rings. The molecule has 1 fully saturated rings. The number of para-hydroxylation sites is 1. The molecule has 2 aliphatic heterocycles. The number of hydrogen-bond donors (Lipinski definition) is 3. The molecule has 1 amide bonds. The average molecular weight is 397 g/mol. The summed E-state index contributed by atoms with van der Waals surface area (Å²) in [4.78, 5) is 16.6. The topological polar surface area (TPSA) is 65.5 Å². The number of hydrogen-bond acceptors (Lipinski definition) is 3. The quantitative estimate of drug-likeness (QED) is 0.727. The molecular weight excluding hydrogens is 372 g/mol. The lowest BCUT2D eigenvalue weighted by Crippen LogP contribution is -2.48. The Hall–Kier alpha value is -2.37. The molecule has 28 heavy (non-hydrogen) atoms. The van der Waals surface area contributed by atoms with Crippen LogP contribution in [0.4, 0.5) is 11.4 Å². The fraction of sp³-hybridized carbons (Fsp3) is 0.364. The SMILES string of the molecule is CC(=O)Nc1cccc2c1NC(=NCc1cccc(Cl)c1)C1(CCNCC1)C2. The van der Waals surface area contributed by atoms with Gasteiger partial charge in [0.2, 0.25) is 5.91 Å². The first kappa shape index (κ1) is 19.0. The minimum Gasteiger partial charge on any atom is -0.342 e. The molecule has 1 saturated heterocycles. The number of carbonyl (C=O) groups excluding carboxylic acids is 1. The lowest BCUT2D eigenvalue weighted by molar-refractivity contribution is -0.114. The Bertz CT molecular complexity index is 919. The minimum atomic E-state index is -0.0743. The van der Waals surface area contributed by atoms with Gasteiger partial charge in [-0.1, -0.05) is 35.9 Å². The predicted molar refractivity (Wildman–Crippen MR) is 115 cm³/mol. The van der Waals surface area contributed by atoms with E-state index in [0.717, 1.165) is 60.1 Å². The fourth-order valence-corrected chi connectivity index (χ4v) is 4.43. The summed E-state index contributed by atoms with van der Waals surface area (Å²) in [5.41, 5.74) is 4.10. The zero-order chi connectivity index (χ0) is 19.6. The summed E-state index contributed by atoms with van der Waals surface area (Å²) in [5, 5.41) is 10.7. The van der Waals surface area contributed by atoms with Crippen molar-refractivity contribution in [2.24, 2.45) is 10.4 Å². The van der Waals surface area contributed by atoms with E-state index in [1.165, 1.54) is 12.5 Å². The van der Waals surface area contributed by atoms with Crippen molar-refractivity contribution in [2.75, 3.05) is 23.7 Å². The summed E-state index contributed by atoms with van der Waals surface area (Å²) in [5.74, 6) is 0.939. The van der Waals surface area contributed by atoms with Gasteiger partial charge in [0.05, 0.1) is 17.9 Å². The van der Waals surface area contributed by atoms with Gasteiger partial charge in [-0.3, -0.25) is 9.79 Å². The van der Waals surface area contributed by atoms with Gasteiger partial charge in [-0.25, -0.2) is 0 Å². The Morgan fingerprint density at radius 1 is 1.21 bits per heavy atom. The zero-order valence-electron chi connectivity index (χ0n) is 16.0. The van der Waals surface area contributed by atoms with Crippen LogP contribution in [0, 0.1) is 5.41 Å². The third-order valence-electron chi connectivity index (χ3n) is 5.61. The zero-order valence-corrected chi connectivity index (χ0v) is 16.8. The highest BCUT2D eigenvalue weighted by Gasteiger charge is 2.41. The van der Waals surface area contributed by atoms with E-state index in [1.807, 2.05) is 36.4 Å². The van der Waals surface area contributed by atoms with Crippen LogP contribution in [0.1, 0.15) is 30.9 Å². The molecule has 146 valence electrons. The Morgan fingerprint density at radius 2 is 2.00 bits per heavy atom. The van der Waals surface area contributed by atoms with Crippen LogP contribution in [0.3, 0.4) is 0 Å². The third-order valence-corrected chi connectivity index (χ3v) is 5.84. The first-order valence-corrected chi connectivity index (χ1v) is 10.1. The number of nitrogens with one attached hydrogen (secondary N) is 3. The van der Waals surface area contributed by atoms with Gasteiger partial charge in [0.25, 0.3) is 0 Å². The normalized spacial score (nSPS) is 19.1.